The van der Waals surface area contributed by atoms with Crippen LogP contribution < -0.4 is 4.74 Å². The Morgan fingerprint density at radius 1 is 1.53 bits per heavy atom. The predicted molar refractivity (Wildman–Crippen MR) is 67.8 cm³/mol. The largest absolute Gasteiger partial charge is 0.494 e. The number of hydrogen-bond acceptors (Lipinski definition) is 2. The number of halogens is 2. The summed E-state index contributed by atoms with van der Waals surface area (Å²) < 4.78 is 18.2. The maximum Gasteiger partial charge on any atom is 0.223 e. The molecule has 0 heterocycles. The summed E-state index contributed by atoms with van der Waals surface area (Å²) in [5.41, 5.74) is 0.744. The van der Waals surface area contributed by atoms with E-state index in [1.807, 2.05) is 0 Å². The Morgan fingerprint density at radius 3 is 2.76 bits per heavy atom. The first-order valence-corrected chi connectivity index (χ1v) is 6.33. The van der Waals surface area contributed by atoms with Crippen molar-refractivity contribution in [3.05, 3.63) is 29.6 Å². The van der Waals surface area contributed by atoms with Crippen molar-refractivity contribution >= 4 is 21.8 Å². The number of nitrogens with zero attached hydrogens (tertiary/aromatic N) is 1. The van der Waals surface area contributed by atoms with Crippen molar-refractivity contribution in [1.82, 2.24) is 4.90 Å². The zero-order valence-corrected chi connectivity index (χ0v) is 11.5. The van der Waals surface area contributed by atoms with Crippen molar-refractivity contribution in [1.29, 1.82) is 0 Å². The molecule has 17 heavy (non-hydrogen) atoms. The number of amides is 1. The van der Waals surface area contributed by atoms with Crippen LogP contribution in [0.5, 0.6) is 5.75 Å². The fourth-order valence-corrected chi connectivity index (χ4v) is 1.78. The highest BCUT2D eigenvalue weighted by molar-refractivity contribution is 9.09. The molecule has 3 nitrogen and oxygen atoms in total. The van der Waals surface area contributed by atoms with Crippen molar-refractivity contribution in [2.45, 2.75) is 13.0 Å². The number of methoxy groups -OCH3 is 1. The summed E-state index contributed by atoms with van der Waals surface area (Å²) >= 11 is 3.21. The number of ether oxygens (including phenoxy) is 1. The van der Waals surface area contributed by atoms with E-state index in [4.69, 9.17) is 4.74 Å². The smallest absolute Gasteiger partial charge is 0.223 e. The SMILES string of the molecule is COc1ccc(CN(C)C(=O)CCBr)cc1F. The van der Waals surface area contributed by atoms with Gasteiger partial charge in [0.25, 0.3) is 0 Å². The highest BCUT2D eigenvalue weighted by Gasteiger charge is 2.10. The van der Waals surface area contributed by atoms with Crippen LogP contribution in [0, 0.1) is 5.82 Å². The highest BCUT2D eigenvalue weighted by Crippen LogP contribution is 2.18. The number of carbonyl (C=O) groups excluding carboxylic acids is 1. The quantitative estimate of drug-likeness (QED) is 0.783. The van der Waals surface area contributed by atoms with E-state index in [0.717, 1.165) is 5.56 Å². The second-order valence-electron chi connectivity index (χ2n) is 3.66. The van der Waals surface area contributed by atoms with E-state index in [0.29, 0.717) is 18.3 Å². The molecule has 0 radical (unpaired) electrons. The van der Waals surface area contributed by atoms with Gasteiger partial charge in [0, 0.05) is 25.3 Å². The summed E-state index contributed by atoms with van der Waals surface area (Å²) in [4.78, 5) is 13.1. The fourth-order valence-electron chi connectivity index (χ4n) is 1.44. The maximum absolute atomic E-state index is 13.4. The summed E-state index contributed by atoms with van der Waals surface area (Å²) in [5.74, 6) is -0.173. The third-order valence-corrected chi connectivity index (χ3v) is 2.77. The van der Waals surface area contributed by atoms with Gasteiger partial charge in [-0.3, -0.25) is 4.79 Å². The van der Waals surface area contributed by atoms with Crippen LogP contribution in [0.1, 0.15) is 12.0 Å². The van der Waals surface area contributed by atoms with Crippen molar-refractivity contribution < 1.29 is 13.9 Å². The van der Waals surface area contributed by atoms with Crippen LogP contribution in [0.25, 0.3) is 0 Å². The van der Waals surface area contributed by atoms with E-state index in [-0.39, 0.29) is 11.7 Å². The molecule has 0 saturated heterocycles. The van der Waals surface area contributed by atoms with Crippen LogP contribution in [0.2, 0.25) is 0 Å². The first-order valence-electron chi connectivity index (χ1n) is 5.20. The van der Waals surface area contributed by atoms with Crippen LogP contribution in [-0.2, 0) is 11.3 Å². The summed E-state index contributed by atoms with van der Waals surface area (Å²) in [6, 6.07) is 4.70. The third kappa shape index (κ3) is 4.00. The summed E-state index contributed by atoms with van der Waals surface area (Å²) in [7, 11) is 3.12. The van der Waals surface area contributed by atoms with Crippen LogP contribution in [0.3, 0.4) is 0 Å². The number of benzene rings is 1. The lowest BCUT2D eigenvalue weighted by molar-refractivity contribution is -0.129. The van der Waals surface area contributed by atoms with Crippen LogP contribution in [-0.4, -0.2) is 30.3 Å². The van der Waals surface area contributed by atoms with Gasteiger partial charge in [-0.05, 0) is 17.7 Å². The van der Waals surface area contributed by atoms with Gasteiger partial charge in [-0.25, -0.2) is 4.39 Å². The van der Waals surface area contributed by atoms with Gasteiger partial charge < -0.3 is 9.64 Å². The lowest BCUT2D eigenvalue weighted by Gasteiger charge is -2.17. The number of carbonyl (C=O) groups is 1. The van der Waals surface area contributed by atoms with E-state index in [2.05, 4.69) is 15.9 Å². The van der Waals surface area contributed by atoms with Crippen LogP contribution in [0.15, 0.2) is 18.2 Å². The molecule has 0 aromatic heterocycles. The summed E-state index contributed by atoms with van der Waals surface area (Å²) in [6.07, 6.45) is 0.440. The van der Waals surface area contributed by atoms with Gasteiger partial charge in [0.2, 0.25) is 5.91 Å². The van der Waals surface area contributed by atoms with Gasteiger partial charge in [-0.2, -0.15) is 0 Å². The van der Waals surface area contributed by atoms with Crippen LogP contribution in [0.4, 0.5) is 4.39 Å². The Balaban J connectivity index is 2.68. The first kappa shape index (κ1) is 14.0. The fraction of sp³-hybridized carbons (Fsp3) is 0.417. The topological polar surface area (TPSA) is 29.5 Å². The molecule has 0 fully saturated rings. The Morgan fingerprint density at radius 2 is 2.24 bits per heavy atom. The van der Waals surface area contributed by atoms with E-state index < -0.39 is 5.82 Å². The number of rotatable bonds is 5. The summed E-state index contributed by atoms with van der Waals surface area (Å²) in [6.45, 7) is 0.396. The normalized spacial score (nSPS) is 10.1. The molecule has 0 aliphatic carbocycles. The lowest BCUT2D eigenvalue weighted by Crippen LogP contribution is -2.26. The monoisotopic (exact) mass is 303 g/mol. The summed E-state index contributed by atoms with van der Waals surface area (Å²) in [5, 5.41) is 0.632. The van der Waals surface area contributed by atoms with Gasteiger partial charge in [0.05, 0.1) is 7.11 Å². The third-order valence-electron chi connectivity index (χ3n) is 2.37. The molecule has 0 bridgehead atoms. The van der Waals surface area contributed by atoms with E-state index in [1.165, 1.54) is 13.2 Å². The molecular formula is C12H15BrFNO2. The molecule has 5 heteroatoms. The van der Waals surface area contributed by atoms with Crippen LogP contribution >= 0.6 is 15.9 Å². The Labute approximate surface area is 109 Å². The van der Waals surface area contributed by atoms with E-state index in [1.54, 1.807) is 24.1 Å². The molecular weight excluding hydrogens is 289 g/mol. The van der Waals surface area contributed by atoms with E-state index >= 15 is 0 Å². The Bertz CT molecular complexity index is 398. The Kier molecular flexibility index (Phi) is 5.41. The van der Waals surface area contributed by atoms with Crippen molar-refractivity contribution in [2.24, 2.45) is 0 Å². The number of hydrogen-bond donors (Lipinski definition) is 0. The average molecular weight is 304 g/mol. The van der Waals surface area contributed by atoms with Crippen molar-refractivity contribution in [3.63, 3.8) is 0 Å². The minimum Gasteiger partial charge on any atom is -0.494 e. The minimum atomic E-state index is -0.411. The molecule has 0 spiro atoms. The first-order chi connectivity index (χ1) is 8.08. The highest BCUT2D eigenvalue weighted by atomic mass is 79.9. The van der Waals surface area contributed by atoms with Gasteiger partial charge >= 0.3 is 0 Å². The standard InChI is InChI=1S/C12H15BrFNO2/c1-15(12(16)5-6-13)8-9-3-4-11(17-2)10(14)7-9/h3-4,7H,5-6,8H2,1-2H3. The molecule has 0 N–H and O–H groups in total. The Hall–Kier alpha value is -1.10. The predicted octanol–water partition coefficient (Wildman–Crippen LogP) is 2.58. The number of alkyl halides is 1. The molecule has 0 saturated carbocycles. The van der Waals surface area contributed by atoms with Gasteiger partial charge in [-0.15, -0.1) is 0 Å². The zero-order valence-electron chi connectivity index (χ0n) is 9.87. The maximum atomic E-state index is 13.4. The van der Waals surface area contributed by atoms with Gasteiger partial charge in [0.15, 0.2) is 11.6 Å². The molecule has 1 aromatic rings. The molecule has 0 unspecified atom stereocenters. The lowest BCUT2D eigenvalue weighted by atomic mass is 10.2. The van der Waals surface area contributed by atoms with Gasteiger partial charge in [-0.1, -0.05) is 22.0 Å². The molecule has 1 amide bonds. The second kappa shape index (κ2) is 6.59. The van der Waals surface area contributed by atoms with Crippen molar-refractivity contribution in [2.75, 3.05) is 19.5 Å². The molecule has 1 rings (SSSR count). The molecule has 0 aliphatic heterocycles. The van der Waals surface area contributed by atoms with Crippen molar-refractivity contribution in [3.8, 4) is 5.75 Å². The molecule has 94 valence electrons. The zero-order chi connectivity index (χ0) is 12.8. The van der Waals surface area contributed by atoms with Gasteiger partial charge in [0.1, 0.15) is 0 Å². The molecule has 0 aliphatic rings. The second-order valence-corrected chi connectivity index (χ2v) is 4.45. The van der Waals surface area contributed by atoms with E-state index in [9.17, 15) is 9.18 Å². The average Bonchev–Trinajstić information content (AvgIpc) is 2.29. The molecule has 1 aromatic carbocycles. The molecule has 0 atom stereocenters. The minimum absolute atomic E-state index is 0.0260.